The third-order valence-corrected chi connectivity index (χ3v) is 12.3. The first kappa shape index (κ1) is 45.1. The van der Waals surface area contributed by atoms with E-state index in [2.05, 4.69) is 30.7 Å². The fourth-order valence-electron chi connectivity index (χ4n) is 7.27. The summed E-state index contributed by atoms with van der Waals surface area (Å²) in [6.45, 7) is 8.25. The summed E-state index contributed by atoms with van der Waals surface area (Å²) < 4.78 is 41.9. The number of hydrogen-bond donors (Lipinski definition) is 3. The number of rotatable bonds is 18. The fraction of sp³-hybridized carbons (Fsp3) is 0.419. The van der Waals surface area contributed by atoms with Crippen LogP contribution in [0.2, 0.25) is 0 Å². The fourth-order valence-corrected chi connectivity index (χ4v) is 8.89. The molecule has 5 atom stereocenters. The molecule has 0 saturated carbocycles. The third-order valence-electron chi connectivity index (χ3n) is 10.2. The van der Waals surface area contributed by atoms with Crippen molar-refractivity contribution in [1.29, 1.82) is 5.26 Å². The number of aliphatic imine (C=N–C) groups is 1. The van der Waals surface area contributed by atoms with Gasteiger partial charge in [-0.25, -0.2) is 9.65 Å². The number of H-pyrrole nitrogens is 1. The number of fused-ring (bicyclic) bond motifs is 1. The lowest BCUT2D eigenvalue weighted by Gasteiger charge is -2.40. The molecule has 5 aromatic rings. The zero-order valence-corrected chi connectivity index (χ0v) is 36.5. The number of aromatic nitrogens is 4. The van der Waals surface area contributed by atoms with Gasteiger partial charge in [-0.2, -0.15) is 15.2 Å². The summed E-state index contributed by atoms with van der Waals surface area (Å²) in [5.41, 5.74) is 6.49. The molecule has 2 aromatic heterocycles. The summed E-state index contributed by atoms with van der Waals surface area (Å²) in [7, 11) is 4.90. The van der Waals surface area contributed by atoms with Crippen LogP contribution in [0.4, 0.5) is 5.95 Å². The maximum Gasteiger partial charge on any atom is 0.280 e. The van der Waals surface area contributed by atoms with Crippen LogP contribution in [0.1, 0.15) is 57.0 Å². The number of nitrogens with zero attached hydrogens (tertiary/aromatic N) is 7. The van der Waals surface area contributed by atoms with E-state index in [0.717, 1.165) is 16.7 Å². The number of aliphatic hydroxyl groups is 1. The SMILES string of the molecule is COc1ccc(C(O[C@H]2[C@@H](O)[C@H](n3cnc4c(=O)[nH]c(/N=C(/N)N(C)C)nc43)O[C@@H]2COP(OCCC#N)N(C(C)C)C(C)C)(c2ccccc2)c2ccc(OC)cc2)cc1. The molecule has 1 saturated heterocycles. The molecule has 0 amide bonds. The Morgan fingerprint density at radius 3 is 2.11 bits per heavy atom. The lowest BCUT2D eigenvalue weighted by Crippen LogP contribution is -2.45. The zero-order chi connectivity index (χ0) is 43.8. The van der Waals surface area contributed by atoms with Crippen LogP contribution < -0.4 is 20.8 Å². The van der Waals surface area contributed by atoms with Crippen molar-refractivity contribution in [3.05, 3.63) is 112 Å². The van der Waals surface area contributed by atoms with Crippen molar-refractivity contribution in [3.8, 4) is 17.6 Å². The van der Waals surface area contributed by atoms with Crippen LogP contribution in [0.5, 0.6) is 11.5 Å². The number of guanidine groups is 1. The van der Waals surface area contributed by atoms with Crippen molar-refractivity contribution in [2.75, 3.05) is 41.5 Å². The van der Waals surface area contributed by atoms with Gasteiger partial charge in [-0.15, -0.1) is 0 Å². The van der Waals surface area contributed by atoms with Gasteiger partial charge in [-0.05, 0) is 68.7 Å². The minimum Gasteiger partial charge on any atom is -0.497 e. The Morgan fingerprint density at radius 2 is 1.57 bits per heavy atom. The van der Waals surface area contributed by atoms with Gasteiger partial charge in [-0.3, -0.25) is 14.3 Å². The van der Waals surface area contributed by atoms with E-state index in [1.807, 2.05) is 107 Å². The second-order valence-corrected chi connectivity index (χ2v) is 16.5. The van der Waals surface area contributed by atoms with Gasteiger partial charge in [0.15, 0.2) is 23.4 Å². The number of nitrogens with two attached hydrogens (primary N) is 1. The Hall–Kier alpha value is -5.44. The molecule has 0 radical (unpaired) electrons. The zero-order valence-electron chi connectivity index (χ0n) is 35.6. The molecule has 0 bridgehead atoms. The number of aromatic amines is 1. The number of hydrogen-bond acceptors (Lipinski definition) is 13. The number of imidazole rings is 1. The molecular weight excluding hydrogens is 802 g/mol. The molecule has 3 aromatic carbocycles. The molecule has 1 aliphatic rings. The second-order valence-electron chi connectivity index (χ2n) is 15.1. The highest BCUT2D eigenvalue weighted by atomic mass is 31.2. The molecule has 4 N–H and O–H groups in total. The van der Waals surface area contributed by atoms with Gasteiger partial charge in [0, 0.05) is 26.2 Å². The summed E-state index contributed by atoms with van der Waals surface area (Å²) in [4.78, 5) is 30.7. The molecule has 324 valence electrons. The van der Waals surface area contributed by atoms with E-state index >= 15 is 0 Å². The van der Waals surface area contributed by atoms with Crippen LogP contribution in [0.25, 0.3) is 11.2 Å². The highest BCUT2D eigenvalue weighted by molar-refractivity contribution is 7.44. The van der Waals surface area contributed by atoms with E-state index in [9.17, 15) is 15.2 Å². The van der Waals surface area contributed by atoms with Crippen molar-refractivity contribution >= 4 is 31.6 Å². The minimum absolute atomic E-state index is 0.00404. The summed E-state index contributed by atoms with van der Waals surface area (Å²) >= 11 is 0. The molecule has 0 aliphatic carbocycles. The third kappa shape index (κ3) is 9.71. The Bertz CT molecular complexity index is 2280. The van der Waals surface area contributed by atoms with E-state index in [1.165, 1.54) is 10.9 Å². The van der Waals surface area contributed by atoms with Crippen molar-refractivity contribution in [2.24, 2.45) is 10.7 Å². The van der Waals surface area contributed by atoms with E-state index in [-0.39, 0.29) is 54.8 Å². The maximum absolute atomic E-state index is 13.3. The molecular formula is C43H54N9O8P. The van der Waals surface area contributed by atoms with E-state index in [4.69, 9.17) is 33.7 Å². The van der Waals surface area contributed by atoms with Crippen LogP contribution in [0, 0.1) is 11.3 Å². The number of methoxy groups -OCH3 is 2. The van der Waals surface area contributed by atoms with Gasteiger partial charge in [-0.1, -0.05) is 54.6 Å². The number of nitriles is 1. The van der Waals surface area contributed by atoms with Gasteiger partial charge >= 0.3 is 0 Å². The average molecular weight is 856 g/mol. The summed E-state index contributed by atoms with van der Waals surface area (Å²) in [5, 5.41) is 22.0. The molecule has 1 fully saturated rings. The van der Waals surface area contributed by atoms with Crippen LogP contribution in [0.3, 0.4) is 0 Å². The topological polar surface area (TPSA) is 208 Å². The Labute approximate surface area is 356 Å². The highest BCUT2D eigenvalue weighted by Crippen LogP contribution is 2.49. The molecule has 6 rings (SSSR count). The Kier molecular flexibility index (Phi) is 14.8. The van der Waals surface area contributed by atoms with Crippen molar-refractivity contribution in [1.82, 2.24) is 29.1 Å². The monoisotopic (exact) mass is 855 g/mol. The molecule has 61 heavy (non-hydrogen) atoms. The van der Waals surface area contributed by atoms with Crippen LogP contribution in [-0.2, 0) is 24.1 Å². The largest absolute Gasteiger partial charge is 0.497 e. The highest BCUT2D eigenvalue weighted by Gasteiger charge is 2.52. The van der Waals surface area contributed by atoms with Crippen LogP contribution >= 0.6 is 8.53 Å². The molecule has 1 aliphatic heterocycles. The maximum atomic E-state index is 13.3. The summed E-state index contributed by atoms with van der Waals surface area (Å²) in [5.74, 6) is 1.34. The molecule has 17 nitrogen and oxygen atoms in total. The smallest absolute Gasteiger partial charge is 0.280 e. The number of aliphatic hydroxyl groups excluding tert-OH is 1. The lowest BCUT2D eigenvalue weighted by molar-refractivity contribution is -0.111. The minimum atomic E-state index is -1.72. The first-order chi connectivity index (χ1) is 29.3. The quantitative estimate of drug-likeness (QED) is 0.0324. The average Bonchev–Trinajstić information content (AvgIpc) is 3.81. The lowest BCUT2D eigenvalue weighted by atomic mass is 9.79. The predicted molar refractivity (Wildman–Crippen MR) is 231 cm³/mol. The molecule has 3 heterocycles. The predicted octanol–water partition coefficient (Wildman–Crippen LogP) is 5.57. The molecule has 1 unspecified atom stereocenters. The number of ether oxygens (including phenoxy) is 4. The molecule has 18 heteroatoms. The number of nitrogens with one attached hydrogen (secondary N) is 1. The first-order valence-corrected chi connectivity index (χ1v) is 21.0. The van der Waals surface area contributed by atoms with Crippen molar-refractivity contribution < 1.29 is 33.1 Å². The first-order valence-electron chi connectivity index (χ1n) is 19.9. The standard InChI is InChI=1S/C43H54N9O8P/c1-27(2)52(28(3)4)61(57-24-12-23-44)58-25-34-37(36(53)40(59-34)51-26-46-35-38(51)47-42(48-39(35)54)49-41(45)50(5)6)60-43(29-13-10-9-11-14-29,30-15-19-32(55-7)20-16-30)31-17-21-33(56-8)22-18-31/h9-11,13-22,26-28,34,36-37,40,53H,12,24-25H2,1-8H3,(H3,45,47,48,49,54)/t34-,36-,37-,40-,61?/m1/s1. The summed E-state index contributed by atoms with van der Waals surface area (Å²) in [6.07, 6.45) is -3.09. The van der Waals surface area contributed by atoms with Crippen molar-refractivity contribution in [2.45, 2.75) is 76.3 Å². The Balaban J connectivity index is 1.52. The van der Waals surface area contributed by atoms with E-state index in [1.54, 1.807) is 33.2 Å². The van der Waals surface area contributed by atoms with Crippen LogP contribution in [0.15, 0.2) is 95.0 Å². The van der Waals surface area contributed by atoms with Gasteiger partial charge in [0.25, 0.3) is 14.1 Å². The van der Waals surface area contributed by atoms with Gasteiger partial charge < -0.3 is 43.7 Å². The van der Waals surface area contributed by atoms with Crippen LogP contribution in [-0.4, -0.2) is 112 Å². The van der Waals surface area contributed by atoms with E-state index < -0.39 is 44.2 Å². The van der Waals surface area contributed by atoms with Gasteiger partial charge in [0.1, 0.15) is 35.4 Å². The van der Waals surface area contributed by atoms with Gasteiger partial charge in [0.2, 0.25) is 5.95 Å². The molecule has 0 spiro atoms. The van der Waals surface area contributed by atoms with Crippen molar-refractivity contribution in [3.63, 3.8) is 0 Å². The second kappa shape index (κ2) is 20.0. The Morgan fingerprint density at radius 1 is 0.984 bits per heavy atom. The van der Waals surface area contributed by atoms with Gasteiger partial charge in [0.05, 0.1) is 46.3 Å². The normalized spacial score (nSPS) is 18.8. The van der Waals surface area contributed by atoms with E-state index in [0.29, 0.717) is 11.5 Å². The summed E-state index contributed by atoms with van der Waals surface area (Å²) in [6, 6.07) is 27.0. The number of benzene rings is 3.